The number of benzene rings is 1. The second-order valence-electron chi connectivity index (χ2n) is 3.62. The van der Waals surface area contributed by atoms with E-state index in [2.05, 4.69) is 10.3 Å². The lowest BCUT2D eigenvalue weighted by Gasteiger charge is -2.03. The number of nitrogens with one attached hydrogen (secondary N) is 1. The zero-order valence-electron chi connectivity index (χ0n) is 9.20. The second kappa shape index (κ2) is 4.48. The standard InChI is InChI=1S/C11H11F2N3O/c1-14-11(17)2-3-16-6-15-9-4-7(12)8(13)5-10(9)16/h4-6H,2-3H2,1H3,(H,14,17). The molecule has 6 heteroatoms. The summed E-state index contributed by atoms with van der Waals surface area (Å²) in [6, 6.07) is 2.13. The molecular weight excluding hydrogens is 228 g/mol. The van der Waals surface area contributed by atoms with Crippen molar-refractivity contribution in [2.24, 2.45) is 0 Å². The lowest BCUT2D eigenvalue weighted by Crippen LogP contribution is -2.19. The van der Waals surface area contributed by atoms with Crippen LogP contribution in [0.1, 0.15) is 6.42 Å². The van der Waals surface area contributed by atoms with Gasteiger partial charge in [-0.05, 0) is 0 Å². The third kappa shape index (κ3) is 2.25. The number of aryl methyl sites for hydroxylation is 1. The molecule has 0 saturated carbocycles. The van der Waals surface area contributed by atoms with Crippen LogP contribution in [-0.4, -0.2) is 22.5 Å². The predicted octanol–water partition coefficient (Wildman–Crippen LogP) is 1.45. The summed E-state index contributed by atoms with van der Waals surface area (Å²) in [5, 5.41) is 2.49. The van der Waals surface area contributed by atoms with Gasteiger partial charge in [-0.15, -0.1) is 0 Å². The highest BCUT2D eigenvalue weighted by molar-refractivity contribution is 5.77. The SMILES string of the molecule is CNC(=O)CCn1cnc2cc(F)c(F)cc21. The molecule has 0 spiro atoms. The molecule has 1 aromatic heterocycles. The molecule has 1 N–H and O–H groups in total. The Hall–Kier alpha value is -1.98. The van der Waals surface area contributed by atoms with E-state index in [1.807, 2.05) is 0 Å². The van der Waals surface area contributed by atoms with Gasteiger partial charge in [0.05, 0.1) is 17.4 Å². The van der Waals surface area contributed by atoms with E-state index in [4.69, 9.17) is 0 Å². The Bertz CT molecular complexity index is 565. The van der Waals surface area contributed by atoms with Crippen LogP contribution in [0.3, 0.4) is 0 Å². The molecule has 0 fully saturated rings. The molecule has 1 aromatic carbocycles. The largest absolute Gasteiger partial charge is 0.359 e. The fourth-order valence-corrected chi connectivity index (χ4v) is 1.58. The van der Waals surface area contributed by atoms with Crippen LogP contribution in [0.4, 0.5) is 8.78 Å². The lowest BCUT2D eigenvalue weighted by atomic mass is 10.3. The van der Waals surface area contributed by atoms with Crippen molar-refractivity contribution in [3.63, 3.8) is 0 Å². The molecular formula is C11H11F2N3O. The Labute approximate surface area is 96.3 Å². The van der Waals surface area contributed by atoms with E-state index in [9.17, 15) is 13.6 Å². The summed E-state index contributed by atoms with van der Waals surface area (Å²) < 4.78 is 27.6. The smallest absolute Gasteiger partial charge is 0.221 e. The Balaban J connectivity index is 2.29. The van der Waals surface area contributed by atoms with Crippen LogP contribution in [0, 0.1) is 11.6 Å². The quantitative estimate of drug-likeness (QED) is 0.881. The highest BCUT2D eigenvalue weighted by atomic mass is 19.2. The minimum Gasteiger partial charge on any atom is -0.359 e. The Morgan fingerprint density at radius 3 is 2.82 bits per heavy atom. The molecule has 0 aliphatic carbocycles. The molecule has 2 rings (SSSR count). The van der Waals surface area contributed by atoms with Crippen LogP contribution in [0.25, 0.3) is 11.0 Å². The first-order valence-corrected chi connectivity index (χ1v) is 5.12. The van der Waals surface area contributed by atoms with Gasteiger partial charge < -0.3 is 9.88 Å². The summed E-state index contributed by atoms with van der Waals surface area (Å²) in [4.78, 5) is 15.0. The molecule has 1 heterocycles. The predicted molar refractivity (Wildman–Crippen MR) is 58.3 cm³/mol. The minimum absolute atomic E-state index is 0.116. The van der Waals surface area contributed by atoms with Crippen LogP contribution in [0.5, 0.6) is 0 Å². The Morgan fingerprint density at radius 1 is 1.41 bits per heavy atom. The molecule has 17 heavy (non-hydrogen) atoms. The molecule has 0 radical (unpaired) electrons. The van der Waals surface area contributed by atoms with E-state index < -0.39 is 11.6 Å². The van der Waals surface area contributed by atoms with E-state index in [1.54, 1.807) is 11.6 Å². The lowest BCUT2D eigenvalue weighted by molar-refractivity contribution is -0.120. The molecule has 90 valence electrons. The maximum absolute atomic E-state index is 13.1. The van der Waals surface area contributed by atoms with Gasteiger partial charge in [-0.3, -0.25) is 4.79 Å². The van der Waals surface area contributed by atoms with Crippen molar-refractivity contribution in [1.29, 1.82) is 0 Å². The Kier molecular flexibility index (Phi) is 3.03. The summed E-state index contributed by atoms with van der Waals surface area (Å²) in [7, 11) is 1.55. The third-order valence-corrected chi connectivity index (χ3v) is 2.52. The fraction of sp³-hybridized carbons (Fsp3) is 0.273. The summed E-state index contributed by atoms with van der Waals surface area (Å²) in [6.07, 6.45) is 1.73. The average molecular weight is 239 g/mol. The Morgan fingerprint density at radius 2 is 2.12 bits per heavy atom. The second-order valence-corrected chi connectivity index (χ2v) is 3.62. The van der Waals surface area contributed by atoms with Gasteiger partial charge in [0.25, 0.3) is 0 Å². The monoisotopic (exact) mass is 239 g/mol. The van der Waals surface area contributed by atoms with Gasteiger partial charge >= 0.3 is 0 Å². The first-order valence-electron chi connectivity index (χ1n) is 5.12. The molecule has 2 aromatic rings. The van der Waals surface area contributed by atoms with Crippen LogP contribution >= 0.6 is 0 Å². The number of fused-ring (bicyclic) bond motifs is 1. The van der Waals surface area contributed by atoms with Gasteiger partial charge in [0.15, 0.2) is 11.6 Å². The molecule has 0 bridgehead atoms. The van der Waals surface area contributed by atoms with Crippen molar-refractivity contribution >= 4 is 16.9 Å². The molecule has 0 aliphatic rings. The summed E-state index contributed by atoms with van der Waals surface area (Å²) in [6.45, 7) is 0.376. The molecule has 0 saturated heterocycles. The maximum Gasteiger partial charge on any atom is 0.221 e. The number of rotatable bonds is 3. The maximum atomic E-state index is 13.1. The number of nitrogens with zero attached hydrogens (tertiary/aromatic N) is 2. The van der Waals surface area contributed by atoms with Crippen molar-refractivity contribution in [1.82, 2.24) is 14.9 Å². The van der Waals surface area contributed by atoms with Crippen molar-refractivity contribution in [3.05, 3.63) is 30.1 Å². The first-order chi connectivity index (χ1) is 8.11. The van der Waals surface area contributed by atoms with Gasteiger partial charge in [0.2, 0.25) is 5.91 Å². The van der Waals surface area contributed by atoms with Crippen LogP contribution < -0.4 is 5.32 Å². The topological polar surface area (TPSA) is 46.9 Å². The van der Waals surface area contributed by atoms with Crippen LogP contribution in [0.2, 0.25) is 0 Å². The fourth-order valence-electron chi connectivity index (χ4n) is 1.58. The van der Waals surface area contributed by atoms with Gasteiger partial charge in [-0.1, -0.05) is 0 Å². The number of carbonyl (C=O) groups is 1. The van der Waals surface area contributed by atoms with E-state index in [0.29, 0.717) is 17.6 Å². The van der Waals surface area contributed by atoms with Crippen molar-refractivity contribution < 1.29 is 13.6 Å². The molecule has 0 unspecified atom stereocenters. The summed E-state index contributed by atoms with van der Waals surface area (Å²) in [5.74, 6) is -1.96. The van der Waals surface area contributed by atoms with E-state index in [-0.39, 0.29) is 12.3 Å². The number of amides is 1. The first kappa shape index (κ1) is 11.5. The van der Waals surface area contributed by atoms with Gasteiger partial charge in [0.1, 0.15) is 0 Å². The minimum atomic E-state index is -0.922. The van der Waals surface area contributed by atoms with E-state index in [0.717, 1.165) is 12.1 Å². The van der Waals surface area contributed by atoms with Gasteiger partial charge in [0, 0.05) is 32.1 Å². The van der Waals surface area contributed by atoms with E-state index in [1.165, 1.54) is 6.33 Å². The summed E-state index contributed by atoms with van der Waals surface area (Å²) >= 11 is 0. The summed E-state index contributed by atoms with van der Waals surface area (Å²) in [5.41, 5.74) is 0.855. The number of hydrogen-bond acceptors (Lipinski definition) is 2. The van der Waals surface area contributed by atoms with Gasteiger partial charge in [-0.2, -0.15) is 0 Å². The number of imidazole rings is 1. The number of hydrogen-bond donors (Lipinski definition) is 1. The molecule has 1 amide bonds. The number of carbonyl (C=O) groups excluding carboxylic acids is 1. The molecule has 0 aliphatic heterocycles. The van der Waals surface area contributed by atoms with Crippen LogP contribution in [-0.2, 0) is 11.3 Å². The highest BCUT2D eigenvalue weighted by Gasteiger charge is 2.09. The zero-order valence-corrected chi connectivity index (χ0v) is 9.20. The molecule has 4 nitrogen and oxygen atoms in total. The molecule has 0 atom stereocenters. The van der Waals surface area contributed by atoms with Crippen molar-refractivity contribution in [2.45, 2.75) is 13.0 Å². The van der Waals surface area contributed by atoms with Gasteiger partial charge in [-0.25, -0.2) is 13.8 Å². The zero-order chi connectivity index (χ0) is 12.4. The normalized spacial score (nSPS) is 10.8. The number of halogens is 2. The van der Waals surface area contributed by atoms with Crippen molar-refractivity contribution in [3.8, 4) is 0 Å². The van der Waals surface area contributed by atoms with Crippen LogP contribution in [0.15, 0.2) is 18.5 Å². The van der Waals surface area contributed by atoms with E-state index >= 15 is 0 Å². The number of aromatic nitrogens is 2. The average Bonchev–Trinajstić information content (AvgIpc) is 2.69. The third-order valence-electron chi connectivity index (χ3n) is 2.52. The highest BCUT2D eigenvalue weighted by Crippen LogP contribution is 2.17. The van der Waals surface area contributed by atoms with Crippen molar-refractivity contribution in [2.75, 3.05) is 7.05 Å².